The predicted octanol–water partition coefficient (Wildman–Crippen LogP) is 1.66. The number of aromatic nitrogens is 1. The Morgan fingerprint density at radius 1 is 1.37 bits per heavy atom. The summed E-state index contributed by atoms with van der Waals surface area (Å²) in [4.78, 5) is 28.9. The number of aliphatic carboxylic acids is 1. The Hall–Kier alpha value is -2.40. The molecule has 30 heavy (non-hydrogen) atoms. The number of likely N-dealkylation sites (tertiary alicyclic amines) is 1. The number of nitrogens with zero attached hydrogens (tertiary/aromatic N) is 3. The molecule has 1 atom stereocenters. The fraction of sp³-hybridized carbons (Fsp3) is 0.632. The molecule has 168 valence electrons. The summed E-state index contributed by atoms with van der Waals surface area (Å²) in [6, 6.07) is 5.66. The van der Waals surface area contributed by atoms with Crippen LogP contribution in [-0.4, -0.2) is 90.5 Å². The van der Waals surface area contributed by atoms with Crippen molar-refractivity contribution in [2.75, 3.05) is 46.9 Å². The zero-order valence-electron chi connectivity index (χ0n) is 16.9. The number of halogens is 3. The lowest BCUT2D eigenvalue weighted by atomic mass is 9.79. The van der Waals surface area contributed by atoms with Gasteiger partial charge in [0.05, 0.1) is 26.2 Å². The van der Waals surface area contributed by atoms with Gasteiger partial charge in [0.2, 0.25) is 11.8 Å². The molecule has 8 nitrogen and oxygen atoms in total. The van der Waals surface area contributed by atoms with Gasteiger partial charge in [0.15, 0.2) is 0 Å². The Morgan fingerprint density at radius 3 is 2.57 bits per heavy atom. The minimum Gasteiger partial charge on any atom is -0.478 e. The molecular weight excluding hydrogens is 407 g/mol. The summed E-state index contributed by atoms with van der Waals surface area (Å²) in [5.41, 5.74) is -0.143. The van der Waals surface area contributed by atoms with E-state index in [1.165, 1.54) is 0 Å². The van der Waals surface area contributed by atoms with E-state index in [2.05, 4.69) is 4.98 Å². The Balaban J connectivity index is 0.000000396. The van der Waals surface area contributed by atoms with Gasteiger partial charge in [-0.1, -0.05) is 6.07 Å². The summed E-state index contributed by atoms with van der Waals surface area (Å²) in [7, 11) is 3.83. The molecule has 1 N–H and O–H groups in total. The van der Waals surface area contributed by atoms with Crippen LogP contribution in [0.25, 0.3) is 0 Å². The summed E-state index contributed by atoms with van der Waals surface area (Å²) < 4.78 is 43.4. The number of carbonyl (C=O) groups excluding carboxylic acids is 1. The highest BCUT2D eigenvalue weighted by atomic mass is 19.4. The number of carbonyl (C=O) groups is 2. The normalized spacial score (nSPS) is 19.8. The lowest BCUT2D eigenvalue weighted by Gasteiger charge is -2.50. The third kappa shape index (κ3) is 6.56. The van der Waals surface area contributed by atoms with Gasteiger partial charge in [0, 0.05) is 18.9 Å². The first-order valence-corrected chi connectivity index (χ1v) is 9.44. The van der Waals surface area contributed by atoms with Gasteiger partial charge in [-0.15, -0.1) is 0 Å². The molecule has 0 bridgehead atoms. The van der Waals surface area contributed by atoms with Crippen LogP contribution in [0.4, 0.5) is 13.2 Å². The van der Waals surface area contributed by atoms with Crippen LogP contribution >= 0.6 is 0 Å². The molecule has 2 aliphatic heterocycles. The number of carboxylic acids is 1. The molecule has 1 aromatic rings. The third-order valence-corrected chi connectivity index (χ3v) is 4.92. The van der Waals surface area contributed by atoms with Gasteiger partial charge < -0.3 is 24.4 Å². The van der Waals surface area contributed by atoms with Crippen molar-refractivity contribution in [3.05, 3.63) is 24.4 Å². The summed E-state index contributed by atoms with van der Waals surface area (Å²) in [6.45, 7) is 3.31. The number of ether oxygens (including phenoxy) is 2. The van der Waals surface area contributed by atoms with Crippen molar-refractivity contribution in [1.82, 2.24) is 14.8 Å². The van der Waals surface area contributed by atoms with Crippen LogP contribution in [0.5, 0.6) is 5.88 Å². The Kier molecular flexibility index (Phi) is 8.02. The maximum Gasteiger partial charge on any atom is 0.490 e. The Bertz CT molecular complexity index is 709. The number of hydrogen-bond donors (Lipinski definition) is 1. The first-order chi connectivity index (χ1) is 14.0. The minimum atomic E-state index is -5.08. The molecule has 3 heterocycles. The molecule has 2 aliphatic rings. The Morgan fingerprint density at radius 2 is 2.03 bits per heavy atom. The van der Waals surface area contributed by atoms with Crippen molar-refractivity contribution in [1.29, 1.82) is 0 Å². The second-order valence-corrected chi connectivity index (χ2v) is 7.49. The van der Waals surface area contributed by atoms with E-state index < -0.39 is 12.1 Å². The van der Waals surface area contributed by atoms with Gasteiger partial charge in [-0.2, -0.15) is 13.2 Å². The zero-order chi connectivity index (χ0) is 22.4. The molecule has 2 saturated heterocycles. The minimum absolute atomic E-state index is 0.143. The fourth-order valence-electron chi connectivity index (χ4n) is 3.43. The lowest BCUT2D eigenvalue weighted by molar-refractivity contribution is -0.192. The highest BCUT2D eigenvalue weighted by Gasteiger charge is 2.54. The van der Waals surface area contributed by atoms with Crippen molar-refractivity contribution in [2.45, 2.75) is 24.6 Å². The molecule has 0 radical (unpaired) electrons. The summed E-state index contributed by atoms with van der Waals surface area (Å²) in [5.74, 6) is -1.46. The van der Waals surface area contributed by atoms with Crippen LogP contribution in [0.1, 0.15) is 12.8 Å². The van der Waals surface area contributed by atoms with Crippen molar-refractivity contribution in [3.8, 4) is 5.88 Å². The largest absolute Gasteiger partial charge is 0.490 e. The standard InChI is InChI=1S/C17H25N3O3.C2HF3O2/c1-19(2)11-16(21)20-12-17(13-20)14(7-10-23-17)6-9-22-15-5-3-4-8-18-15;3-2(4,5)1(6)7/h3-5,8,14H,6-7,9-13H2,1-2H3;(H,6,7). The maximum absolute atomic E-state index is 12.1. The molecule has 2 fully saturated rings. The molecule has 0 saturated carbocycles. The molecule has 0 aromatic carbocycles. The van der Waals surface area contributed by atoms with Gasteiger partial charge in [0.1, 0.15) is 5.60 Å². The quantitative estimate of drug-likeness (QED) is 0.730. The highest BCUT2D eigenvalue weighted by Crippen LogP contribution is 2.41. The molecule has 11 heteroatoms. The second-order valence-electron chi connectivity index (χ2n) is 7.49. The van der Waals surface area contributed by atoms with E-state index >= 15 is 0 Å². The average molecular weight is 433 g/mol. The topological polar surface area (TPSA) is 92.2 Å². The van der Waals surface area contributed by atoms with Gasteiger partial charge in [-0.25, -0.2) is 9.78 Å². The Labute approximate surface area is 172 Å². The van der Waals surface area contributed by atoms with Gasteiger partial charge in [0.25, 0.3) is 0 Å². The van der Waals surface area contributed by atoms with Crippen LogP contribution in [0.3, 0.4) is 0 Å². The monoisotopic (exact) mass is 433 g/mol. The van der Waals surface area contributed by atoms with Crippen LogP contribution in [0, 0.1) is 5.92 Å². The molecule has 1 aromatic heterocycles. The number of pyridine rings is 1. The van der Waals surface area contributed by atoms with E-state index in [1.807, 2.05) is 42.1 Å². The fourth-order valence-corrected chi connectivity index (χ4v) is 3.43. The third-order valence-electron chi connectivity index (χ3n) is 4.92. The van der Waals surface area contributed by atoms with E-state index in [0.29, 0.717) is 38.0 Å². The van der Waals surface area contributed by atoms with Crippen LogP contribution < -0.4 is 4.74 Å². The van der Waals surface area contributed by atoms with E-state index in [0.717, 1.165) is 19.4 Å². The predicted molar refractivity (Wildman–Crippen MR) is 100.0 cm³/mol. The van der Waals surface area contributed by atoms with Crippen molar-refractivity contribution < 1.29 is 37.3 Å². The first kappa shape index (κ1) is 23.9. The maximum atomic E-state index is 12.1. The molecule has 1 unspecified atom stereocenters. The number of hydrogen-bond acceptors (Lipinski definition) is 6. The lowest BCUT2D eigenvalue weighted by Crippen LogP contribution is -2.67. The van der Waals surface area contributed by atoms with Gasteiger partial charge >= 0.3 is 12.1 Å². The van der Waals surface area contributed by atoms with Crippen molar-refractivity contribution >= 4 is 11.9 Å². The SMILES string of the molecule is CN(C)CC(=O)N1CC2(C1)OCCC2CCOc1ccccn1.O=C(O)C(F)(F)F. The zero-order valence-corrected chi connectivity index (χ0v) is 16.9. The van der Waals surface area contributed by atoms with E-state index in [4.69, 9.17) is 19.4 Å². The number of carboxylic acid groups (broad SMARTS) is 1. The second kappa shape index (κ2) is 10.1. The van der Waals surface area contributed by atoms with Crippen molar-refractivity contribution in [2.24, 2.45) is 5.92 Å². The summed E-state index contributed by atoms with van der Waals surface area (Å²) in [5, 5.41) is 7.12. The summed E-state index contributed by atoms with van der Waals surface area (Å²) >= 11 is 0. The number of alkyl halides is 3. The smallest absolute Gasteiger partial charge is 0.478 e. The molecule has 1 spiro atoms. The number of likely N-dealkylation sites (N-methyl/N-ethyl adjacent to an activating group) is 1. The van der Waals surface area contributed by atoms with Crippen LogP contribution in [0.2, 0.25) is 0 Å². The summed E-state index contributed by atoms with van der Waals surface area (Å²) in [6.07, 6.45) is -1.37. The van der Waals surface area contributed by atoms with Crippen LogP contribution in [-0.2, 0) is 14.3 Å². The first-order valence-electron chi connectivity index (χ1n) is 9.44. The van der Waals surface area contributed by atoms with Gasteiger partial charge in [-0.05, 0) is 38.9 Å². The molecule has 0 aliphatic carbocycles. The molecular formula is C19H26F3N3O5. The van der Waals surface area contributed by atoms with E-state index in [9.17, 15) is 18.0 Å². The molecule has 3 rings (SSSR count). The van der Waals surface area contributed by atoms with Gasteiger partial charge in [-0.3, -0.25) is 4.79 Å². The number of amides is 1. The van der Waals surface area contributed by atoms with Crippen LogP contribution in [0.15, 0.2) is 24.4 Å². The number of rotatable bonds is 6. The average Bonchev–Trinajstić information content (AvgIpc) is 3.04. The van der Waals surface area contributed by atoms with E-state index in [-0.39, 0.29) is 11.5 Å². The highest BCUT2D eigenvalue weighted by molar-refractivity contribution is 5.79. The van der Waals surface area contributed by atoms with Crippen molar-refractivity contribution in [3.63, 3.8) is 0 Å². The van der Waals surface area contributed by atoms with E-state index in [1.54, 1.807) is 6.20 Å². The molecule has 1 amide bonds.